The van der Waals surface area contributed by atoms with Crippen LogP contribution in [0.2, 0.25) is 0 Å². The van der Waals surface area contributed by atoms with Crippen LogP contribution in [0.5, 0.6) is 0 Å². The van der Waals surface area contributed by atoms with Crippen molar-refractivity contribution >= 4 is 122 Å². The van der Waals surface area contributed by atoms with Crippen LogP contribution in [0.3, 0.4) is 0 Å². The lowest BCUT2D eigenvalue weighted by Gasteiger charge is -2.19. The van der Waals surface area contributed by atoms with Crippen molar-refractivity contribution in [3.8, 4) is 6.07 Å². The summed E-state index contributed by atoms with van der Waals surface area (Å²) in [6.07, 6.45) is 0. The molecule has 1 saturated heterocycles. The molecule has 24 heteroatoms. The highest BCUT2D eigenvalue weighted by molar-refractivity contribution is 8.14. The minimum Gasteiger partial charge on any atom is -0.285 e. The summed E-state index contributed by atoms with van der Waals surface area (Å²) in [5, 5.41) is 17.8. The molecule has 17 nitrogen and oxygen atoms in total. The maximum absolute atomic E-state index is 12.3. The number of hydrogen-bond acceptors (Lipinski definition) is 18. The first-order valence-electron chi connectivity index (χ1n) is 25.5. The molecule has 83 heavy (non-hydrogen) atoms. The van der Waals surface area contributed by atoms with Crippen molar-refractivity contribution in [2.45, 2.75) is 94.6 Å². The highest BCUT2D eigenvalue weighted by Crippen LogP contribution is 2.48. The molecule has 8 aromatic rings. The largest absolute Gasteiger partial charge is 0.297 e. The Morgan fingerprint density at radius 2 is 0.940 bits per heavy atom. The van der Waals surface area contributed by atoms with E-state index >= 15 is 0 Å². The third kappa shape index (κ3) is 15.0. The van der Waals surface area contributed by atoms with Gasteiger partial charge in [-0.3, -0.25) is 26.3 Å². The van der Waals surface area contributed by atoms with Gasteiger partial charge in [-0.2, -0.15) is 59.1 Å². The molecular weight excluding hydrogens is 1200 g/mol. The van der Waals surface area contributed by atoms with E-state index in [1.807, 2.05) is 23.5 Å². The summed E-state index contributed by atoms with van der Waals surface area (Å²) >= 11 is 3.82. The number of nitriles is 1. The third-order valence-electron chi connectivity index (χ3n) is 13.9. The van der Waals surface area contributed by atoms with Crippen molar-refractivity contribution in [3.05, 3.63) is 167 Å². The zero-order valence-electron chi connectivity index (χ0n) is 46.9. The molecule has 1 N–H and O–H groups in total. The van der Waals surface area contributed by atoms with Crippen LogP contribution in [0.4, 0.5) is 0 Å². The Balaban J connectivity index is 0.000000161. The molecular formula is C59H62N2O15S7. The van der Waals surface area contributed by atoms with Gasteiger partial charge in [0.2, 0.25) is 0 Å². The molecule has 2 aliphatic heterocycles. The molecule has 2 aliphatic rings. The number of rotatable bonds is 12. The van der Waals surface area contributed by atoms with E-state index in [1.165, 1.54) is 80.2 Å². The van der Waals surface area contributed by atoms with Crippen molar-refractivity contribution in [3.63, 3.8) is 0 Å². The van der Waals surface area contributed by atoms with Crippen molar-refractivity contribution < 1.29 is 63.4 Å². The minimum absolute atomic E-state index is 0.0153. The SMILES string of the molecule is CC1=NC(c2ccc3ccccc3c2)C(C)S1.CC1SC(C)C(c2ccc3ccccc3c2)C1C#N.COS(=O)(=O)c1cc(C)cc2c(S(=O)(=O)OC)cccc12.COS(=O)(=O)c1cc(CS(=O)(=O)O)cc2c(S(=O)(=O)OC)cc(C)cc12. The van der Waals surface area contributed by atoms with Gasteiger partial charge in [0, 0.05) is 43.2 Å². The van der Waals surface area contributed by atoms with Gasteiger partial charge >= 0.3 is 0 Å². The maximum atomic E-state index is 12.3. The van der Waals surface area contributed by atoms with Crippen molar-refractivity contribution in [1.82, 2.24) is 0 Å². The second-order valence-electron chi connectivity index (χ2n) is 19.6. The van der Waals surface area contributed by atoms with Gasteiger partial charge in [0.25, 0.3) is 50.6 Å². The maximum Gasteiger partial charge on any atom is 0.297 e. The number of nitrogens with zero attached hydrogens (tertiary/aromatic N) is 2. The topological polar surface area (TPSA) is 264 Å². The molecule has 0 amide bonds. The van der Waals surface area contributed by atoms with Gasteiger partial charge in [-0.1, -0.05) is 112 Å². The van der Waals surface area contributed by atoms with E-state index in [1.54, 1.807) is 19.9 Å². The van der Waals surface area contributed by atoms with E-state index < -0.39 is 61.2 Å². The first-order valence-corrected chi connectivity index (χ1v) is 34.6. The molecule has 6 unspecified atom stereocenters. The zero-order valence-corrected chi connectivity index (χ0v) is 52.6. The number of hydrogen-bond donors (Lipinski definition) is 1. The monoisotopic (exact) mass is 1260 g/mol. The van der Waals surface area contributed by atoms with E-state index in [9.17, 15) is 47.4 Å². The van der Waals surface area contributed by atoms with Crippen molar-refractivity contribution in [1.29, 1.82) is 5.26 Å². The molecule has 0 spiro atoms. The highest BCUT2D eigenvalue weighted by Gasteiger charge is 2.40. The highest BCUT2D eigenvalue weighted by atomic mass is 32.2. The van der Waals surface area contributed by atoms with Crippen LogP contribution in [-0.2, 0) is 73.1 Å². The predicted octanol–water partition coefficient (Wildman–Crippen LogP) is 12.0. The molecule has 2 heterocycles. The Morgan fingerprint density at radius 3 is 1.42 bits per heavy atom. The second-order valence-corrected chi connectivity index (χ2v) is 31.1. The van der Waals surface area contributed by atoms with Gasteiger partial charge in [-0.15, -0.1) is 11.8 Å². The number of fused-ring (bicyclic) bond motifs is 4. The second kappa shape index (κ2) is 26.2. The average Bonchev–Trinajstić information content (AvgIpc) is 2.63. The van der Waals surface area contributed by atoms with Crippen LogP contribution in [0.25, 0.3) is 43.1 Å². The van der Waals surface area contributed by atoms with Crippen LogP contribution < -0.4 is 0 Å². The zero-order chi connectivity index (χ0) is 61.0. The summed E-state index contributed by atoms with van der Waals surface area (Å²) in [7, 11) is -17.0. The van der Waals surface area contributed by atoms with Gasteiger partial charge in [0.1, 0.15) is 25.3 Å². The van der Waals surface area contributed by atoms with E-state index in [4.69, 9.17) is 9.55 Å². The number of aryl methyl sites for hydroxylation is 2. The van der Waals surface area contributed by atoms with Gasteiger partial charge in [0.15, 0.2) is 0 Å². The Morgan fingerprint density at radius 1 is 0.494 bits per heavy atom. The van der Waals surface area contributed by atoms with Gasteiger partial charge in [0.05, 0.1) is 51.5 Å². The van der Waals surface area contributed by atoms with Crippen molar-refractivity contribution in [2.24, 2.45) is 10.9 Å². The smallest absolute Gasteiger partial charge is 0.285 e. The van der Waals surface area contributed by atoms with Crippen LogP contribution in [0, 0.1) is 31.1 Å². The fourth-order valence-electron chi connectivity index (χ4n) is 10.1. The first-order chi connectivity index (χ1) is 39.0. The van der Waals surface area contributed by atoms with Gasteiger partial charge < -0.3 is 0 Å². The molecule has 0 aliphatic carbocycles. The van der Waals surface area contributed by atoms with Crippen LogP contribution >= 0.6 is 23.5 Å². The fourth-order valence-corrected chi connectivity index (χ4v) is 17.0. The Hall–Kier alpha value is -5.79. The van der Waals surface area contributed by atoms with Crippen LogP contribution in [0.1, 0.15) is 67.5 Å². The lowest BCUT2D eigenvalue weighted by molar-refractivity contribution is 0.396. The quantitative estimate of drug-likeness (QED) is 0.0880. The molecule has 10 rings (SSSR count). The number of benzene rings is 8. The first kappa shape index (κ1) is 64.8. The predicted molar refractivity (Wildman–Crippen MR) is 329 cm³/mol. The fraction of sp³-hybridized carbons (Fsp3) is 0.288. The molecule has 0 bridgehead atoms. The lowest BCUT2D eigenvalue weighted by atomic mass is 9.83. The van der Waals surface area contributed by atoms with E-state index in [2.05, 4.69) is 135 Å². The van der Waals surface area contributed by atoms with Crippen LogP contribution in [-0.4, -0.2) is 95.9 Å². The van der Waals surface area contributed by atoms with E-state index in [0.717, 1.165) is 34.5 Å². The van der Waals surface area contributed by atoms with Gasteiger partial charge in [-0.05, 0) is 119 Å². The molecule has 0 aromatic heterocycles. The molecule has 6 atom stereocenters. The van der Waals surface area contributed by atoms with Crippen LogP contribution in [0.15, 0.2) is 164 Å². The Kier molecular flexibility index (Phi) is 20.5. The molecule has 0 saturated carbocycles. The Bertz CT molecular complexity index is 4440. The molecule has 0 radical (unpaired) electrons. The summed E-state index contributed by atoms with van der Waals surface area (Å²) < 4.78 is 146. The summed E-state index contributed by atoms with van der Waals surface area (Å²) in [6.45, 7) is 12.0. The van der Waals surface area contributed by atoms with E-state index in [-0.39, 0.29) is 47.7 Å². The van der Waals surface area contributed by atoms with Crippen molar-refractivity contribution in [2.75, 3.05) is 28.4 Å². The summed E-state index contributed by atoms with van der Waals surface area (Å²) in [5.74, 6) is -0.425. The normalized spacial score (nSPS) is 19.2. The molecule has 440 valence electrons. The van der Waals surface area contributed by atoms with E-state index in [0.29, 0.717) is 38.8 Å². The minimum atomic E-state index is -4.49. The average molecular weight is 1260 g/mol. The summed E-state index contributed by atoms with van der Waals surface area (Å²) in [5.41, 5.74) is 3.54. The standard InChI is InChI=1S/C17H17NS.C15H15NS.C14H16O9S3.C13H14O6S2/c1-11-16(10-18)17(12(2)19-11)15-8-7-13-5-3-4-6-14(13)9-15;1-10-15(16-11(2)17-10)14-8-7-12-5-3-4-6-13(12)9-14;1-9-4-11-12(13(5-9)25(18,19)22-2)6-10(8-24(15,16)17)7-14(11)26(20,21)23-3;1-9-7-11-10(13(8-9)21(16,17)19-3)5-4-6-12(11)20(14,15)18-2/h3-9,11-12,16-17H,1-2H3;3-10,15H,1-2H3;4-7H,8H2,1-3H3,(H,15,16,17);4-8H,1-3H3. The number of aliphatic imine (C=N–C) groups is 1. The third-order valence-corrected chi connectivity index (χ3v) is 22.4. The van der Waals surface area contributed by atoms with Gasteiger partial charge in [-0.25, -0.2) is 0 Å². The number of thioether (sulfide) groups is 2. The summed E-state index contributed by atoms with van der Waals surface area (Å²) in [4.78, 5) is 3.81. The lowest BCUT2D eigenvalue weighted by Crippen LogP contribution is -2.16. The summed E-state index contributed by atoms with van der Waals surface area (Å²) in [6, 6.07) is 45.3. The Labute approximate surface area is 494 Å². The molecule has 8 aromatic carbocycles. The molecule has 1 fully saturated rings.